The minimum Gasteiger partial charge on any atom is -0.478 e. The molecule has 1 rings (SSSR count). The lowest BCUT2D eigenvalue weighted by atomic mass is 10.1. The Labute approximate surface area is 95.6 Å². The molecule has 1 aromatic rings. The summed E-state index contributed by atoms with van der Waals surface area (Å²) in [4.78, 5) is 21.0. The van der Waals surface area contributed by atoms with Crippen LogP contribution in [0, 0.1) is 0 Å². The number of carboxylic acids is 1. The van der Waals surface area contributed by atoms with E-state index in [1.165, 1.54) is 6.07 Å². The second kappa shape index (κ2) is 5.46. The van der Waals surface area contributed by atoms with Gasteiger partial charge in [0.2, 0.25) is 0 Å². The van der Waals surface area contributed by atoms with Gasteiger partial charge in [-0.1, -0.05) is 28.1 Å². The first-order valence-corrected chi connectivity index (χ1v) is 5.07. The lowest BCUT2D eigenvalue weighted by molar-refractivity contribution is -0.107. The molecular formula is C11H9BrO3. The number of rotatable bonds is 4. The van der Waals surface area contributed by atoms with Crippen molar-refractivity contribution in [1.29, 1.82) is 0 Å². The van der Waals surface area contributed by atoms with Gasteiger partial charge >= 0.3 is 5.97 Å². The molecule has 0 aliphatic rings. The van der Waals surface area contributed by atoms with E-state index >= 15 is 0 Å². The molecule has 0 saturated carbocycles. The number of aldehydes is 1. The van der Waals surface area contributed by atoms with Gasteiger partial charge in [-0.3, -0.25) is 0 Å². The molecule has 0 aromatic heterocycles. The summed E-state index contributed by atoms with van der Waals surface area (Å²) >= 11 is 3.26. The quantitative estimate of drug-likeness (QED) is 0.855. The predicted molar refractivity (Wildman–Crippen MR) is 60.8 cm³/mol. The average molecular weight is 269 g/mol. The first kappa shape index (κ1) is 11.7. The third-order valence-corrected chi connectivity index (χ3v) is 2.27. The summed E-state index contributed by atoms with van der Waals surface area (Å²) in [5, 5.41) is 8.89. The molecule has 0 spiro atoms. The van der Waals surface area contributed by atoms with E-state index in [1.54, 1.807) is 24.3 Å². The van der Waals surface area contributed by atoms with Crippen molar-refractivity contribution in [2.45, 2.75) is 6.42 Å². The molecule has 0 radical (unpaired) electrons. The van der Waals surface area contributed by atoms with Crippen LogP contribution >= 0.6 is 15.9 Å². The summed E-state index contributed by atoms with van der Waals surface area (Å²) in [6.45, 7) is 0. The standard InChI is InChI=1S/C11H9BrO3/c12-9-4-5-10(11(14)15)8(7-9)3-1-2-6-13/h1,3-7H,2H2,(H,14,15). The van der Waals surface area contributed by atoms with E-state index in [2.05, 4.69) is 15.9 Å². The summed E-state index contributed by atoms with van der Waals surface area (Å²) < 4.78 is 0.804. The smallest absolute Gasteiger partial charge is 0.336 e. The largest absolute Gasteiger partial charge is 0.478 e. The fourth-order valence-electron chi connectivity index (χ4n) is 1.12. The summed E-state index contributed by atoms with van der Waals surface area (Å²) in [6.07, 6.45) is 4.30. The maximum Gasteiger partial charge on any atom is 0.336 e. The van der Waals surface area contributed by atoms with Crippen LogP contribution in [0.2, 0.25) is 0 Å². The van der Waals surface area contributed by atoms with Crippen LogP contribution in [0.3, 0.4) is 0 Å². The van der Waals surface area contributed by atoms with E-state index in [1.807, 2.05) is 0 Å². The monoisotopic (exact) mass is 268 g/mol. The molecule has 78 valence electrons. The molecular weight excluding hydrogens is 260 g/mol. The van der Waals surface area contributed by atoms with Crippen molar-refractivity contribution in [3.63, 3.8) is 0 Å². The van der Waals surface area contributed by atoms with Gasteiger partial charge in [0, 0.05) is 10.9 Å². The van der Waals surface area contributed by atoms with Gasteiger partial charge in [0.15, 0.2) is 0 Å². The van der Waals surface area contributed by atoms with Crippen molar-refractivity contribution in [1.82, 2.24) is 0 Å². The number of hydrogen-bond acceptors (Lipinski definition) is 2. The van der Waals surface area contributed by atoms with Crippen LogP contribution in [0.1, 0.15) is 22.3 Å². The van der Waals surface area contributed by atoms with E-state index in [4.69, 9.17) is 5.11 Å². The van der Waals surface area contributed by atoms with E-state index in [-0.39, 0.29) is 12.0 Å². The third kappa shape index (κ3) is 3.32. The molecule has 4 heteroatoms. The highest BCUT2D eigenvalue weighted by atomic mass is 79.9. The summed E-state index contributed by atoms with van der Waals surface area (Å²) in [5.41, 5.74) is 0.805. The summed E-state index contributed by atoms with van der Waals surface area (Å²) in [7, 11) is 0. The second-order valence-corrected chi connectivity index (χ2v) is 3.76. The molecule has 3 nitrogen and oxygen atoms in total. The molecule has 0 amide bonds. The number of allylic oxidation sites excluding steroid dienone is 1. The Balaban J connectivity index is 3.07. The van der Waals surface area contributed by atoms with Gasteiger partial charge in [0.05, 0.1) is 5.56 Å². The Hall–Kier alpha value is -1.42. The number of carbonyl (C=O) groups is 2. The number of benzene rings is 1. The molecule has 0 aliphatic heterocycles. The fourth-order valence-corrected chi connectivity index (χ4v) is 1.50. The first-order chi connectivity index (χ1) is 7.15. The molecule has 0 fully saturated rings. The number of carbonyl (C=O) groups excluding carboxylic acids is 1. The van der Waals surface area contributed by atoms with Crippen molar-refractivity contribution in [2.24, 2.45) is 0 Å². The molecule has 0 unspecified atom stereocenters. The van der Waals surface area contributed by atoms with Crippen molar-refractivity contribution in [3.05, 3.63) is 39.9 Å². The van der Waals surface area contributed by atoms with Gasteiger partial charge in [-0.2, -0.15) is 0 Å². The zero-order valence-electron chi connectivity index (χ0n) is 7.81. The van der Waals surface area contributed by atoms with Crippen molar-refractivity contribution in [3.8, 4) is 0 Å². The number of aromatic carboxylic acids is 1. The number of carboxylic acid groups (broad SMARTS) is 1. The Morgan fingerprint density at radius 3 is 2.80 bits per heavy atom. The fraction of sp³-hybridized carbons (Fsp3) is 0.0909. The van der Waals surface area contributed by atoms with Crippen LogP contribution in [0.15, 0.2) is 28.7 Å². The minimum atomic E-state index is -0.978. The molecule has 1 aromatic carbocycles. The van der Waals surface area contributed by atoms with Crippen molar-refractivity contribution < 1.29 is 14.7 Å². The van der Waals surface area contributed by atoms with Gasteiger partial charge in [-0.05, 0) is 23.8 Å². The van der Waals surface area contributed by atoms with Gasteiger partial charge in [0.1, 0.15) is 6.29 Å². The zero-order valence-corrected chi connectivity index (χ0v) is 9.40. The highest BCUT2D eigenvalue weighted by Gasteiger charge is 2.07. The highest BCUT2D eigenvalue weighted by Crippen LogP contribution is 2.18. The Morgan fingerprint density at radius 2 is 2.20 bits per heavy atom. The third-order valence-electron chi connectivity index (χ3n) is 1.77. The first-order valence-electron chi connectivity index (χ1n) is 4.28. The van der Waals surface area contributed by atoms with E-state index in [0.29, 0.717) is 5.56 Å². The van der Waals surface area contributed by atoms with Gasteiger partial charge in [0.25, 0.3) is 0 Å². The topological polar surface area (TPSA) is 54.4 Å². The molecule has 0 saturated heterocycles. The maximum atomic E-state index is 10.8. The molecule has 0 bridgehead atoms. The summed E-state index contributed by atoms with van der Waals surface area (Å²) in [6, 6.07) is 4.89. The highest BCUT2D eigenvalue weighted by molar-refractivity contribution is 9.10. The van der Waals surface area contributed by atoms with Crippen LogP contribution in [-0.2, 0) is 4.79 Å². The molecule has 1 N–H and O–H groups in total. The zero-order chi connectivity index (χ0) is 11.3. The SMILES string of the molecule is O=CCC=Cc1cc(Br)ccc1C(=O)O. The molecule has 15 heavy (non-hydrogen) atoms. The average Bonchev–Trinajstić information content (AvgIpc) is 2.18. The second-order valence-electron chi connectivity index (χ2n) is 2.84. The number of halogens is 1. The molecule has 0 aliphatic carbocycles. The predicted octanol–water partition coefficient (Wildman–Crippen LogP) is 2.75. The van der Waals surface area contributed by atoms with Gasteiger partial charge in [-0.25, -0.2) is 4.79 Å². The van der Waals surface area contributed by atoms with Crippen LogP contribution < -0.4 is 0 Å². The Kier molecular flexibility index (Phi) is 4.24. The Morgan fingerprint density at radius 1 is 1.47 bits per heavy atom. The summed E-state index contributed by atoms with van der Waals surface area (Å²) in [5.74, 6) is -0.978. The van der Waals surface area contributed by atoms with Crippen LogP contribution in [0.4, 0.5) is 0 Å². The van der Waals surface area contributed by atoms with Crippen molar-refractivity contribution >= 4 is 34.3 Å². The lowest BCUT2D eigenvalue weighted by Crippen LogP contribution is -1.98. The van der Waals surface area contributed by atoms with Crippen LogP contribution in [0.5, 0.6) is 0 Å². The molecule has 0 atom stereocenters. The van der Waals surface area contributed by atoms with Crippen molar-refractivity contribution in [2.75, 3.05) is 0 Å². The Bertz CT molecular complexity index is 410. The minimum absolute atomic E-state index is 0.223. The molecule has 0 heterocycles. The van der Waals surface area contributed by atoms with E-state index in [0.717, 1.165) is 10.8 Å². The van der Waals surface area contributed by atoms with E-state index in [9.17, 15) is 9.59 Å². The van der Waals surface area contributed by atoms with Gasteiger partial charge in [-0.15, -0.1) is 0 Å². The lowest BCUT2D eigenvalue weighted by Gasteiger charge is -2.01. The normalized spacial score (nSPS) is 10.5. The van der Waals surface area contributed by atoms with Crippen LogP contribution in [0.25, 0.3) is 6.08 Å². The number of hydrogen-bond donors (Lipinski definition) is 1. The van der Waals surface area contributed by atoms with Crippen LogP contribution in [-0.4, -0.2) is 17.4 Å². The van der Waals surface area contributed by atoms with Gasteiger partial charge < -0.3 is 9.90 Å². The van der Waals surface area contributed by atoms with E-state index < -0.39 is 5.97 Å². The maximum absolute atomic E-state index is 10.8.